The molecule has 0 aliphatic heterocycles. The number of nitrogens with one attached hydrogen (secondary N) is 1. The van der Waals surface area contributed by atoms with Crippen LogP contribution in [0.3, 0.4) is 0 Å². The Kier molecular flexibility index (Phi) is 3.38. The van der Waals surface area contributed by atoms with Gasteiger partial charge in [0.25, 0.3) is 0 Å². The molecule has 0 fully saturated rings. The molecule has 0 saturated carbocycles. The number of aryl methyl sites for hydroxylation is 1. The lowest BCUT2D eigenvalue weighted by molar-refractivity contribution is 0.448. The Morgan fingerprint density at radius 1 is 1.17 bits per heavy atom. The standard InChI is InChI=1S/C11H7ClF3N3/c1-5-4-16-11(12)18-10(5)17-6-2-7(13)9(15)8(14)3-6/h2-4H,1H3,(H,16,17,18). The van der Waals surface area contributed by atoms with Crippen molar-refractivity contribution < 1.29 is 13.2 Å². The second-order valence-electron chi connectivity index (χ2n) is 3.55. The minimum atomic E-state index is -1.52. The zero-order chi connectivity index (χ0) is 13.3. The summed E-state index contributed by atoms with van der Waals surface area (Å²) < 4.78 is 38.8. The second-order valence-corrected chi connectivity index (χ2v) is 3.89. The first-order valence-corrected chi connectivity index (χ1v) is 5.26. The molecule has 0 atom stereocenters. The average molecular weight is 274 g/mol. The molecule has 3 nitrogen and oxygen atoms in total. The van der Waals surface area contributed by atoms with Crippen molar-refractivity contribution in [1.29, 1.82) is 0 Å². The molecule has 1 N–H and O–H groups in total. The van der Waals surface area contributed by atoms with Crippen LogP contribution in [0.1, 0.15) is 5.56 Å². The van der Waals surface area contributed by atoms with Crippen molar-refractivity contribution in [1.82, 2.24) is 9.97 Å². The van der Waals surface area contributed by atoms with Gasteiger partial charge in [-0.1, -0.05) is 0 Å². The molecule has 0 aliphatic carbocycles. The minimum Gasteiger partial charge on any atom is -0.340 e. The van der Waals surface area contributed by atoms with Gasteiger partial charge in [0.2, 0.25) is 5.28 Å². The van der Waals surface area contributed by atoms with Gasteiger partial charge in [0, 0.05) is 29.6 Å². The first-order chi connectivity index (χ1) is 8.47. The van der Waals surface area contributed by atoms with Crippen LogP contribution in [-0.2, 0) is 0 Å². The summed E-state index contributed by atoms with van der Waals surface area (Å²) in [4.78, 5) is 7.59. The first kappa shape index (κ1) is 12.6. The monoisotopic (exact) mass is 273 g/mol. The van der Waals surface area contributed by atoms with Crippen molar-refractivity contribution in [2.24, 2.45) is 0 Å². The van der Waals surface area contributed by atoms with E-state index in [4.69, 9.17) is 11.6 Å². The van der Waals surface area contributed by atoms with Crippen LogP contribution in [0.4, 0.5) is 24.7 Å². The van der Waals surface area contributed by atoms with Crippen LogP contribution in [-0.4, -0.2) is 9.97 Å². The molecule has 94 valence electrons. The van der Waals surface area contributed by atoms with Crippen LogP contribution in [0.5, 0.6) is 0 Å². The Morgan fingerprint density at radius 3 is 2.39 bits per heavy atom. The van der Waals surface area contributed by atoms with Crippen LogP contribution in [0.25, 0.3) is 0 Å². The van der Waals surface area contributed by atoms with Crippen LogP contribution in [0.15, 0.2) is 18.3 Å². The van der Waals surface area contributed by atoms with Crippen LogP contribution in [0.2, 0.25) is 5.28 Å². The molecule has 1 heterocycles. The second kappa shape index (κ2) is 4.81. The largest absolute Gasteiger partial charge is 0.340 e. The Hall–Kier alpha value is -1.82. The fraction of sp³-hybridized carbons (Fsp3) is 0.0909. The van der Waals surface area contributed by atoms with Gasteiger partial charge in [0.15, 0.2) is 17.5 Å². The Bertz CT molecular complexity index is 581. The number of anilines is 2. The normalized spacial score (nSPS) is 10.5. The molecule has 1 aromatic heterocycles. The number of aromatic nitrogens is 2. The Morgan fingerprint density at radius 2 is 1.78 bits per heavy atom. The van der Waals surface area contributed by atoms with Crippen LogP contribution in [0, 0.1) is 24.4 Å². The van der Waals surface area contributed by atoms with Crippen molar-refractivity contribution >= 4 is 23.1 Å². The van der Waals surface area contributed by atoms with E-state index in [-0.39, 0.29) is 11.0 Å². The summed E-state index contributed by atoms with van der Waals surface area (Å²) in [5.41, 5.74) is 0.661. The van der Waals surface area contributed by atoms with Crippen LogP contribution < -0.4 is 5.32 Å². The van der Waals surface area contributed by atoms with E-state index in [0.29, 0.717) is 11.4 Å². The number of halogens is 4. The highest BCUT2D eigenvalue weighted by molar-refractivity contribution is 6.28. The molecule has 0 unspecified atom stereocenters. The molecular weight excluding hydrogens is 267 g/mol. The van der Waals surface area contributed by atoms with E-state index in [1.54, 1.807) is 6.92 Å². The molecule has 2 aromatic rings. The smallest absolute Gasteiger partial charge is 0.224 e. The SMILES string of the molecule is Cc1cnc(Cl)nc1Nc1cc(F)c(F)c(F)c1. The number of rotatable bonds is 2. The quantitative estimate of drug-likeness (QED) is 0.671. The summed E-state index contributed by atoms with van der Waals surface area (Å²) >= 11 is 5.60. The molecule has 0 radical (unpaired) electrons. The van der Waals surface area contributed by atoms with Crippen molar-refractivity contribution in [3.05, 3.63) is 46.6 Å². The summed E-state index contributed by atoms with van der Waals surface area (Å²) in [5.74, 6) is -3.79. The Labute approximate surface area is 106 Å². The molecule has 7 heteroatoms. The fourth-order valence-corrected chi connectivity index (χ4v) is 1.44. The molecule has 2 rings (SSSR count). The number of hydrogen-bond acceptors (Lipinski definition) is 3. The molecule has 0 bridgehead atoms. The third kappa shape index (κ3) is 2.53. The van der Waals surface area contributed by atoms with Gasteiger partial charge in [-0.05, 0) is 18.5 Å². The summed E-state index contributed by atoms with van der Waals surface area (Å²) in [7, 11) is 0. The lowest BCUT2D eigenvalue weighted by atomic mass is 10.2. The van der Waals surface area contributed by atoms with E-state index in [2.05, 4.69) is 15.3 Å². The van der Waals surface area contributed by atoms with Gasteiger partial charge in [0.1, 0.15) is 5.82 Å². The zero-order valence-electron chi connectivity index (χ0n) is 9.14. The van der Waals surface area contributed by atoms with Crippen molar-refractivity contribution in [2.45, 2.75) is 6.92 Å². The van der Waals surface area contributed by atoms with Crippen LogP contribution >= 0.6 is 11.6 Å². The third-order valence-electron chi connectivity index (χ3n) is 2.19. The maximum absolute atomic E-state index is 13.0. The van der Waals surface area contributed by atoms with E-state index in [1.165, 1.54) is 6.20 Å². The summed E-state index contributed by atoms with van der Waals surface area (Å²) in [5, 5.41) is 2.63. The molecule has 1 aromatic carbocycles. The highest BCUT2D eigenvalue weighted by atomic mass is 35.5. The minimum absolute atomic E-state index is 0.00819. The highest BCUT2D eigenvalue weighted by Crippen LogP contribution is 2.22. The maximum atomic E-state index is 13.0. The van der Waals surface area contributed by atoms with E-state index in [0.717, 1.165) is 12.1 Å². The summed E-state index contributed by atoms with van der Waals surface area (Å²) in [6.07, 6.45) is 1.45. The van der Waals surface area contributed by atoms with Gasteiger partial charge in [-0.15, -0.1) is 0 Å². The van der Waals surface area contributed by atoms with Gasteiger partial charge in [-0.3, -0.25) is 0 Å². The van der Waals surface area contributed by atoms with E-state index < -0.39 is 17.5 Å². The summed E-state index contributed by atoms with van der Waals surface area (Å²) in [6, 6.07) is 1.65. The van der Waals surface area contributed by atoms with E-state index in [9.17, 15) is 13.2 Å². The average Bonchev–Trinajstić information content (AvgIpc) is 2.31. The first-order valence-electron chi connectivity index (χ1n) is 4.88. The zero-order valence-corrected chi connectivity index (χ0v) is 9.89. The van der Waals surface area contributed by atoms with E-state index in [1.807, 2.05) is 0 Å². The highest BCUT2D eigenvalue weighted by Gasteiger charge is 2.11. The molecule has 0 saturated heterocycles. The number of benzene rings is 1. The molecular formula is C11H7ClF3N3. The van der Waals surface area contributed by atoms with Crippen molar-refractivity contribution in [2.75, 3.05) is 5.32 Å². The van der Waals surface area contributed by atoms with Crippen molar-refractivity contribution in [3.8, 4) is 0 Å². The molecule has 0 amide bonds. The topological polar surface area (TPSA) is 37.8 Å². The van der Waals surface area contributed by atoms with Gasteiger partial charge in [-0.25, -0.2) is 23.1 Å². The number of nitrogens with zero attached hydrogens (tertiary/aromatic N) is 2. The van der Waals surface area contributed by atoms with Gasteiger partial charge in [0.05, 0.1) is 0 Å². The molecule has 0 spiro atoms. The third-order valence-corrected chi connectivity index (χ3v) is 2.37. The van der Waals surface area contributed by atoms with Gasteiger partial charge >= 0.3 is 0 Å². The summed E-state index contributed by atoms with van der Waals surface area (Å²) in [6.45, 7) is 1.69. The molecule has 18 heavy (non-hydrogen) atoms. The number of hydrogen-bond donors (Lipinski definition) is 1. The Balaban J connectivity index is 2.37. The van der Waals surface area contributed by atoms with Gasteiger partial charge < -0.3 is 5.32 Å². The fourth-order valence-electron chi connectivity index (χ4n) is 1.31. The predicted molar refractivity (Wildman–Crippen MR) is 61.4 cm³/mol. The lowest BCUT2D eigenvalue weighted by Crippen LogP contribution is -2.00. The van der Waals surface area contributed by atoms with Crippen molar-refractivity contribution in [3.63, 3.8) is 0 Å². The maximum Gasteiger partial charge on any atom is 0.224 e. The predicted octanol–water partition coefficient (Wildman–Crippen LogP) is 3.60. The van der Waals surface area contributed by atoms with E-state index >= 15 is 0 Å². The molecule has 0 aliphatic rings. The lowest BCUT2D eigenvalue weighted by Gasteiger charge is -2.09. The van der Waals surface area contributed by atoms with Gasteiger partial charge in [-0.2, -0.15) is 0 Å².